The summed E-state index contributed by atoms with van der Waals surface area (Å²) in [5, 5.41) is 5.76. The molecule has 3 aromatic rings. The first-order valence-corrected chi connectivity index (χ1v) is 15.1. The van der Waals surface area contributed by atoms with E-state index < -0.39 is 16.2 Å². The number of nitrogens with zero attached hydrogens (tertiary/aromatic N) is 6. The lowest BCUT2D eigenvalue weighted by molar-refractivity contribution is 0.0115. The number of hydrogen-bond donors (Lipinski definition) is 1. The predicted octanol–water partition coefficient (Wildman–Crippen LogP) is 3.00. The van der Waals surface area contributed by atoms with E-state index in [2.05, 4.69) is 14.8 Å². The highest BCUT2D eigenvalue weighted by Gasteiger charge is 2.33. The van der Waals surface area contributed by atoms with Crippen molar-refractivity contribution in [3.8, 4) is 5.69 Å². The summed E-state index contributed by atoms with van der Waals surface area (Å²) >= 11 is 0. The predicted molar refractivity (Wildman–Crippen MR) is 147 cm³/mol. The molecular weight excluding hydrogens is 539 g/mol. The van der Waals surface area contributed by atoms with Crippen molar-refractivity contribution < 1.29 is 26.9 Å². The number of carbonyl (C=O) groups is 1. The molecule has 0 spiro atoms. The summed E-state index contributed by atoms with van der Waals surface area (Å²) in [4.78, 5) is 22.5. The van der Waals surface area contributed by atoms with E-state index in [1.54, 1.807) is 22.9 Å². The molecule has 11 nitrogen and oxygen atoms in total. The number of pyridine rings is 1. The van der Waals surface area contributed by atoms with Gasteiger partial charge in [0.2, 0.25) is 0 Å². The monoisotopic (exact) mass is 572 g/mol. The molecule has 1 saturated carbocycles. The van der Waals surface area contributed by atoms with E-state index in [4.69, 9.17) is 9.84 Å². The molecule has 0 atom stereocenters. The maximum Gasteiger partial charge on any atom is 0.362 e. The second-order valence-corrected chi connectivity index (χ2v) is 12.2. The molecule has 0 radical (unpaired) electrons. The molecule has 1 amide bonds. The molecule has 4 heterocycles. The third kappa shape index (κ3) is 5.06. The van der Waals surface area contributed by atoms with E-state index in [1.807, 2.05) is 0 Å². The third-order valence-corrected chi connectivity index (χ3v) is 9.28. The van der Waals surface area contributed by atoms with E-state index in [-0.39, 0.29) is 21.7 Å². The summed E-state index contributed by atoms with van der Waals surface area (Å²) in [5.41, 5.74) is 2.50. The lowest BCUT2D eigenvalue weighted by Gasteiger charge is -2.41. The second-order valence-electron chi connectivity index (χ2n) is 10.7. The number of halogens is 1. The number of hydrogen-bond acceptors (Lipinski definition) is 8. The van der Waals surface area contributed by atoms with Gasteiger partial charge in [-0.15, -0.1) is 0 Å². The van der Waals surface area contributed by atoms with Gasteiger partial charge in [0.1, 0.15) is 11.5 Å². The van der Waals surface area contributed by atoms with E-state index in [9.17, 15) is 22.2 Å². The molecular formula is C27H33FN6O5S. The average molecular weight is 573 g/mol. The third-order valence-electron chi connectivity index (χ3n) is 8.43. The molecule has 2 aromatic heterocycles. The Hall–Kier alpha value is -3.13. The molecule has 6 rings (SSSR count). The first kappa shape index (κ1) is 27.1. The van der Waals surface area contributed by atoms with Gasteiger partial charge in [-0.2, -0.15) is 13.5 Å². The van der Waals surface area contributed by atoms with Crippen LogP contribution in [-0.2, 0) is 15.0 Å². The molecule has 214 valence electrons. The van der Waals surface area contributed by atoms with Crippen LogP contribution in [0.5, 0.6) is 0 Å². The molecule has 13 heteroatoms. The minimum Gasteiger partial charge on any atom is -0.379 e. The smallest absolute Gasteiger partial charge is 0.362 e. The van der Waals surface area contributed by atoms with E-state index >= 15 is 0 Å². The van der Waals surface area contributed by atoms with Gasteiger partial charge >= 0.3 is 10.3 Å². The summed E-state index contributed by atoms with van der Waals surface area (Å²) in [6.07, 6.45) is 4.94. The Kier molecular flexibility index (Phi) is 7.23. The molecule has 1 aliphatic carbocycles. The van der Waals surface area contributed by atoms with Crippen LogP contribution in [0.15, 0.2) is 30.3 Å². The summed E-state index contributed by atoms with van der Waals surface area (Å²) in [6, 6.07) is 7.94. The maximum atomic E-state index is 13.8. The lowest BCUT2D eigenvalue weighted by atomic mass is 9.82. The fourth-order valence-corrected chi connectivity index (χ4v) is 6.20. The van der Waals surface area contributed by atoms with Crippen molar-refractivity contribution in [3.05, 3.63) is 47.5 Å². The summed E-state index contributed by atoms with van der Waals surface area (Å²) in [5.74, 6) is -1.11. The molecule has 3 aliphatic rings. The van der Waals surface area contributed by atoms with Crippen LogP contribution in [0, 0.1) is 5.82 Å². The minimum absolute atomic E-state index is 0.124. The van der Waals surface area contributed by atoms with E-state index in [0.29, 0.717) is 17.4 Å². The van der Waals surface area contributed by atoms with Gasteiger partial charge in [-0.3, -0.25) is 14.2 Å². The van der Waals surface area contributed by atoms with Gasteiger partial charge < -0.3 is 9.64 Å². The molecule has 0 unspecified atom stereocenters. The minimum atomic E-state index is -4.78. The number of aromatic nitrogens is 3. The highest BCUT2D eigenvalue weighted by atomic mass is 32.2. The van der Waals surface area contributed by atoms with Crippen molar-refractivity contribution in [1.29, 1.82) is 0 Å². The van der Waals surface area contributed by atoms with Gasteiger partial charge in [-0.1, -0.05) is 6.42 Å². The number of carbonyl (C=O) groups excluding carboxylic acids is 1. The molecule has 1 N–H and O–H groups in total. The number of amides is 1. The Morgan fingerprint density at radius 3 is 2.35 bits per heavy atom. The van der Waals surface area contributed by atoms with Crippen LogP contribution in [0.4, 0.5) is 10.1 Å². The number of benzene rings is 1. The summed E-state index contributed by atoms with van der Waals surface area (Å²) in [6.45, 7) is 4.81. The Balaban J connectivity index is 1.47. The van der Waals surface area contributed by atoms with Crippen LogP contribution >= 0.6 is 0 Å². The first-order valence-electron chi connectivity index (χ1n) is 13.7. The lowest BCUT2D eigenvalue weighted by Crippen LogP contribution is -2.49. The first-order chi connectivity index (χ1) is 19.2. The van der Waals surface area contributed by atoms with Gasteiger partial charge in [0, 0.05) is 45.2 Å². The number of fused-ring (bicyclic) bond motifs is 1. The highest BCUT2D eigenvalue weighted by molar-refractivity contribution is 7.84. The zero-order valence-corrected chi connectivity index (χ0v) is 23.2. The van der Waals surface area contributed by atoms with Crippen LogP contribution in [0.25, 0.3) is 16.7 Å². The number of ether oxygens (including phenoxy) is 1. The molecule has 3 fully saturated rings. The van der Waals surface area contributed by atoms with Crippen LogP contribution in [0.1, 0.15) is 54.2 Å². The van der Waals surface area contributed by atoms with Crippen molar-refractivity contribution >= 4 is 32.9 Å². The summed E-state index contributed by atoms with van der Waals surface area (Å²) < 4.78 is 54.3. The largest absolute Gasteiger partial charge is 0.379 e. The SMILES string of the molecule is CN(C(=O)c1cc(N2CCC(N3CCOCC3)CC2)c2c(C3CCC3)nn(-c3ccc(F)cc3)c2n1)S(=O)(=O)O. The Morgan fingerprint density at radius 2 is 1.75 bits per heavy atom. The van der Waals surface area contributed by atoms with Crippen molar-refractivity contribution in [2.24, 2.45) is 0 Å². The maximum absolute atomic E-state index is 13.8. The standard InChI is InChI=1S/C27H33FN6O5S/c1-31(40(36,37)38)27(35)22-17-23(33-11-9-20(10-12-33)32-13-15-39-16-14-32)24-25(18-3-2-4-18)30-34(26(24)29-22)21-7-5-19(28)6-8-21/h5-8,17-18,20H,2-4,9-16H2,1H3,(H,36,37,38). The van der Waals surface area contributed by atoms with Gasteiger partial charge in [0.15, 0.2) is 5.65 Å². The zero-order valence-electron chi connectivity index (χ0n) is 22.4. The van der Waals surface area contributed by atoms with E-state index in [0.717, 1.165) is 95.3 Å². The van der Waals surface area contributed by atoms with Gasteiger partial charge in [0.05, 0.1) is 35.7 Å². The summed E-state index contributed by atoms with van der Waals surface area (Å²) in [7, 11) is -3.79. The van der Waals surface area contributed by atoms with Crippen molar-refractivity contribution in [1.82, 2.24) is 24.0 Å². The van der Waals surface area contributed by atoms with Crippen molar-refractivity contribution in [3.63, 3.8) is 0 Å². The quantitative estimate of drug-likeness (QED) is 0.445. The van der Waals surface area contributed by atoms with Crippen molar-refractivity contribution in [2.45, 2.75) is 44.1 Å². The number of anilines is 1. The van der Waals surface area contributed by atoms with Crippen LogP contribution in [-0.4, -0.2) is 95.3 Å². The Labute approximate surface area is 232 Å². The number of rotatable bonds is 6. The number of morpholine rings is 1. The highest BCUT2D eigenvalue weighted by Crippen LogP contribution is 2.43. The van der Waals surface area contributed by atoms with Crippen molar-refractivity contribution in [2.75, 3.05) is 51.3 Å². The van der Waals surface area contributed by atoms with Crippen LogP contribution in [0.2, 0.25) is 0 Å². The molecule has 0 bridgehead atoms. The Bertz CT molecular complexity index is 1510. The zero-order chi connectivity index (χ0) is 28.0. The Morgan fingerprint density at radius 1 is 1.07 bits per heavy atom. The fraction of sp³-hybridized carbons (Fsp3) is 0.519. The van der Waals surface area contributed by atoms with Crippen LogP contribution in [0.3, 0.4) is 0 Å². The van der Waals surface area contributed by atoms with Gasteiger partial charge in [-0.25, -0.2) is 18.4 Å². The molecule has 1 aromatic carbocycles. The fourth-order valence-electron chi connectivity index (χ4n) is 5.89. The van der Waals surface area contributed by atoms with Gasteiger partial charge in [0.25, 0.3) is 5.91 Å². The average Bonchev–Trinajstić information content (AvgIpc) is 3.30. The topological polar surface area (TPSA) is 121 Å². The normalized spacial score (nSPS) is 19.6. The second kappa shape index (κ2) is 10.7. The molecule has 2 aliphatic heterocycles. The van der Waals surface area contributed by atoms with E-state index in [1.165, 1.54) is 12.1 Å². The van der Waals surface area contributed by atoms with Gasteiger partial charge in [-0.05, 0) is 56.0 Å². The molecule has 2 saturated heterocycles. The van der Waals surface area contributed by atoms with Crippen LogP contribution < -0.4 is 4.90 Å². The number of piperidine rings is 1. The molecule has 40 heavy (non-hydrogen) atoms.